The first-order valence-corrected chi connectivity index (χ1v) is 8.84. The van der Waals surface area contributed by atoms with E-state index in [0.29, 0.717) is 5.41 Å². The molecule has 1 aromatic rings. The molecule has 0 bridgehead atoms. The summed E-state index contributed by atoms with van der Waals surface area (Å²) in [6, 6.07) is 10.7. The third kappa shape index (κ3) is 8.88. The van der Waals surface area contributed by atoms with Gasteiger partial charge in [0.15, 0.2) is 0 Å². The molecule has 0 saturated heterocycles. The van der Waals surface area contributed by atoms with Gasteiger partial charge in [0.1, 0.15) is 0 Å². The second-order valence-corrected chi connectivity index (χ2v) is 8.79. The van der Waals surface area contributed by atoms with Crippen LogP contribution < -0.4 is 0 Å². The fourth-order valence-corrected chi connectivity index (χ4v) is 3.65. The van der Waals surface area contributed by atoms with Gasteiger partial charge in [-0.2, -0.15) is 0 Å². The van der Waals surface area contributed by atoms with Crippen molar-refractivity contribution in [2.45, 2.75) is 47.6 Å². The van der Waals surface area contributed by atoms with Crippen molar-refractivity contribution in [3.8, 4) is 0 Å². The van der Waals surface area contributed by atoms with E-state index in [1.165, 1.54) is 12.0 Å². The molecule has 0 radical (unpaired) electrons. The Bertz CT molecular complexity index is 543. The van der Waals surface area contributed by atoms with E-state index in [9.17, 15) is 0 Å². The van der Waals surface area contributed by atoms with Gasteiger partial charge in [0.2, 0.25) is 0 Å². The third-order valence-electron chi connectivity index (χ3n) is 3.80. The molecule has 0 amide bonds. The fraction of sp³-hybridized carbons (Fsp3) is 0.478. The molecule has 1 aromatic carbocycles. The summed E-state index contributed by atoms with van der Waals surface area (Å²) in [5, 5.41) is 0. The number of hydrogen-bond donors (Lipinski definition) is 0. The highest BCUT2D eigenvalue weighted by molar-refractivity contribution is 5.20. The van der Waals surface area contributed by atoms with Gasteiger partial charge >= 0.3 is 0 Å². The van der Waals surface area contributed by atoms with Gasteiger partial charge in [-0.15, -0.1) is 0 Å². The van der Waals surface area contributed by atoms with Crippen LogP contribution in [0, 0.1) is 10.8 Å². The molecular weight excluding hydrogens is 290 g/mol. The van der Waals surface area contributed by atoms with E-state index < -0.39 is 0 Å². The molecule has 0 heterocycles. The molecule has 0 saturated carbocycles. The second-order valence-electron chi connectivity index (χ2n) is 8.79. The molecule has 0 atom stereocenters. The summed E-state index contributed by atoms with van der Waals surface area (Å²) in [6.45, 7) is 22.5. The van der Waals surface area contributed by atoms with Crippen LogP contribution in [0.25, 0.3) is 0 Å². The predicted octanol–water partition coefficient (Wildman–Crippen LogP) is 6.25. The van der Waals surface area contributed by atoms with Crippen molar-refractivity contribution < 1.29 is 0 Å². The van der Waals surface area contributed by atoms with E-state index in [-0.39, 0.29) is 5.41 Å². The molecule has 0 fully saturated rings. The molecule has 24 heavy (non-hydrogen) atoms. The number of benzene rings is 1. The van der Waals surface area contributed by atoms with Crippen LogP contribution in [0.4, 0.5) is 0 Å². The molecule has 0 aromatic heterocycles. The first kappa shape index (κ1) is 20.4. The van der Waals surface area contributed by atoms with Crippen LogP contribution in [0.1, 0.15) is 46.6 Å². The van der Waals surface area contributed by atoms with Crippen molar-refractivity contribution in [2.75, 3.05) is 13.1 Å². The minimum Gasteiger partial charge on any atom is -0.294 e. The quantitative estimate of drug-likeness (QED) is 0.485. The van der Waals surface area contributed by atoms with E-state index in [2.05, 4.69) is 89.1 Å². The van der Waals surface area contributed by atoms with Crippen molar-refractivity contribution in [3.63, 3.8) is 0 Å². The highest BCUT2D eigenvalue weighted by Crippen LogP contribution is 2.34. The number of nitrogens with zero attached hydrogens (tertiary/aromatic N) is 1. The molecule has 0 aliphatic carbocycles. The Balaban J connectivity index is 2.85. The SMILES string of the molecule is C=C/C=C\C(=C)CN(Cc1ccccc1)CC(C)(C)CC(C)(C)C. The zero-order chi connectivity index (χ0) is 18.2. The minimum atomic E-state index is 0.259. The summed E-state index contributed by atoms with van der Waals surface area (Å²) >= 11 is 0. The van der Waals surface area contributed by atoms with E-state index >= 15 is 0 Å². The van der Waals surface area contributed by atoms with Crippen LogP contribution >= 0.6 is 0 Å². The molecule has 132 valence electrons. The lowest BCUT2D eigenvalue weighted by Crippen LogP contribution is -2.37. The van der Waals surface area contributed by atoms with Crippen molar-refractivity contribution in [3.05, 3.63) is 72.9 Å². The van der Waals surface area contributed by atoms with E-state index in [0.717, 1.165) is 25.2 Å². The molecular formula is C23H35N. The summed E-state index contributed by atoms with van der Waals surface area (Å²) < 4.78 is 0. The van der Waals surface area contributed by atoms with Gasteiger partial charge in [-0.1, -0.05) is 96.3 Å². The van der Waals surface area contributed by atoms with Crippen LogP contribution in [0.15, 0.2) is 67.3 Å². The van der Waals surface area contributed by atoms with Crippen molar-refractivity contribution in [1.82, 2.24) is 4.90 Å². The van der Waals surface area contributed by atoms with Crippen LogP contribution in [-0.4, -0.2) is 18.0 Å². The summed E-state index contributed by atoms with van der Waals surface area (Å²) in [7, 11) is 0. The first-order valence-electron chi connectivity index (χ1n) is 8.84. The molecule has 0 N–H and O–H groups in total. The lowest BCUT2D eigenvalue weighted by Gasteiger charge is -2.37. The standard InChI is InChI=1S/C23H35N/c1-8-9-13-20(2)16-24(17-21-14-11-10-12-15-21)19-23(6,7)18-22(3,4)5/h8-15H,1-2,16-19H2,3-7H3/b13-9-. The maximum Gasteiger partial charge on any atom is 0.0237 e. The van der Waals surface area contributed by atoms with Gasteiger partial charge in [0.25, 0.3) is 0 Å². The van der Waals surface area contributed by atoms with Crippen molar-refractivity contribution in [1.29, 1.82) is 0 Å². The normalized spacial score (nSPS) is 12.8. The van der Waals surface area contributed by atoms with Crippen LogP contribution in [0.3, 0.4) is 0 Å². The molecule has 1 rings (SSSR count). The molecule has 1 heteroatoms. The zero-order valence-electron chi connectivity index (χ0n) is 16.3. The largest absolute Gasteiger partial charge is 0.294 e. The summed E-state index contributed by atoms with van der Waals surface area (Å²) in [4.78, 5) is 2.51. The Morgan fingerprint density at radius 2 is 1.71 bits per heavy atom. The average Bonchev–Trinajstić information content (AvgIpc) is 2.42. The van der Waals surface area contributed by atoms with Crippen LogP contribution in [0.5, 0.6) is 0 Å². The Kier molecular flexibility index (Phi) is 7.69. The van der Waals surface area contributed by atoms with Gasteiger partial charge in [-0.3, -0.25) is 4.90 Å². The van der Waals surface area contributed by atoms with Crippen molar-refractivity contribution >= 4 is 0 Å². The molecule has 0 aliphatic heterocycles. The van der Waals surface area contributed by atoms with Crippen LogP contribution in [0.2, 0.25) is 0 Å². The number of allylic oxidation sites excluding steroid dienone is 2. The lowest BCUT2D eigenvalue weighted by molar-refractivity contribution is 0.132. The van der Waals surface area contributed by atoms with Gasteiger partial charge in [0, 0.05) is 19.6 Å². The third-order valence-corrected chi connectivity index (χ3v) is 3.80. The van der Waals surface area contributed by atoms with E-state index in [1.54, 1.807) is 6.08 Å². The molecule has 0 aliphatic rings. The first-order chi connectivity index (χ1) is 11.1. The van der Waals surface area contributed by atoms with E-state index in [4.69, 9.17) is 0 Å². The Morgan fingerprint density at radius 1 is 1.08 bits per heavy atom. The smallest absolute Gasteiger partial charge is 0.0237 e. The number of hydrogen-bond acceptors (Lipinski definition) is 1. The van der Waals surface area contributed by atoms with E-state index in [1.807, 2.05) is 6.08 Å². The van der Waals surface area contributed by atoms with Gasteiger partial charge in [-0.25, -0.2) is 0 Å². The summed E-state index contributed by atoms with van der Waals surface area (Å²) in [6.07, 6.45) is 7.02. The minimum absolute atomic E-state index is 0.259. The average molecular weight is 326 g/mol. The maximum atomic E-state index is 4.20. The Hall–Kier alpha value is -1.60. The fourth-order valence-electron chi connectivity index (χ4n) is 3.65. The van der Waals surface area contributed by atoms with Gasteiger partial charge < -0.3 is 0 Å². The lowest BCUT2D eigenvalue weighted by atomic mass is 9.76. The highest BCUT2D eigenvalue weighted by atomic mass is 15.1. The van der Waals surface area contributed by atoms with Crippen LogP contribution in [-0.2, 0) is 6.54 Å². The predicted molar refractivity (Wildman–Crippen MR) is 108 cm³/mol. The highest BCUT2D eigenvalue weighted by Gasteiger charge is 2.27. The molecule has 0 unspecified atom stereocenters. The zero-order valence-corrected chi connectivity index (χ0v) is 16.3. The second kappa shape index (κ2) is 9.03. The summed E-state index contributed by atoms with van der Waals surface area (Å²) in [5.41, 5.74) is 3.07. The Morgan fingerprint density at radius 3 is 2.25 bits per heavy atom. The maximum absolute atomic E-state index is 4.20. The molecule has 1 nitrogen and oxygen atoms in total. The summed E-state index contributed by atoms with van der Waals surface area (Å²) in [5.74, 6) is 0. The van der Waals surface area contributed by atoms with Gasteiger partial charge in [0.05, 0.1) is 0 Å². The van der Waals surface area contributed by atoms with Gasteiger partial charge in [-0.05, 0) is 28.4 Å². The van der Waals surface area contributed by atoms with Crippen molar-refractivity contribution in [2.24, 2.45) is 10.8 Å². The number of rotatable bonds is 9. The Labute approximate surface area is 149 Å². The topological polar surface area (TPSA) is 3.24 Å². The monoisotopic (exact) mass is 325 g/mol. The molecule has 0 spiro atoms.